The van der Waals surface area contributed by atoms with E-state index >= 15 is 0 Å². The molecule has 0 aliphatic heterocycles. The Labute approximate surface area is 96.6 Å². The van der Waals surface area contributed by atoms with Crippen molar-refractivity contribution in [1.82, 2.24) is 9.38 Å². The van der Waals surface area contributed by atoms with E-state index in [0.29, 0.717) is 0 Å². The van der Waals surface area contributed by atoms with Crippen molar-refractivity contribution in [2.24, 2.45) is 0 Å². The lowest BCUT2D eigenvalue weighted by molar-refractivity contribution is 0.475. The highest BCUT2D eigenvalue weighted by Crippen LogP contribution is 2.18. The SMILES string of the molecule is Oc1ccn2c(Cc3cccs3)ncc2c1. The fourth-order valence-corrected chi connectivity index (χ4v) is 2.44. The maximum atomic E-state index is 9.36. The maximum absolute atomic E-state index is 9.36. The maximum Gasteiger partial charge on any atom is 0.119 e. The largest absolute Gasteiger partial charge is 0.508 e. The van der Waals surface area contributed by atoms with Gasteiger partial charge >= 0.3 is 0 Å². The number of fused-ring (bicyclic) bond motifs is 1. The van der Waals surface area contributed by atoms with Crippen molar-refractivity contribution in [1.29, 1.82) is 0 Å². The molecule has 0 saturated carbocycles. The molecule has 3 rings (SSSR count). The first kappa shape index (κ1) is 9.42. The molecule has 0 amide bonds. The van der Waals surface area contributed by atoms with Gasteiger partial charge in [0.1, 0.15) is 11.6 Å². The predicted octanol–water partition coefficient (Wildman–Crippen LogP) is 2.69. The highest BCUT2D eigenvalue weighted by atomic mass is 32.1. The molecule has 0 aliphatic carbocycles. The first-order valence-corrected chi connectivity index (χ1v) is 5.88. The Kier molecular flexibility index (Phi) is 2.15. The van der Waals surface area contributed by atoms with Crippen LogP contribution in [0.15, 0.2) is 42.0 Å². The van der Waals surface area contributed by atoms with E-state index in [1.165, 1.54) is 4.88 Å². The van der Waals surface area contributed by atoms with E-state index < -0.39 is 0 Å². The van der Waals surface area contributed by atoms with Crippen LogP contribution in [0.2, 0.25) is 0 Å². The minimum Gasteiger partial charge on any atom is -0.508 e. The van der Waals surface area contributed by atoms with Crippen LogP contribution < -0.4 is 0 Å². The van der Waals surface area contributed by atoms with E-state index in [4.69, 9.17) is 0 Å². The Morgan fingerprint density at radius 1 is 1.38 bits per heavy atom. The highest BCUT2D eigenvalue weighted by molar-refractivity contribution is 7.09. The van der Waals surface area contributed by atoms with Gasteiger partial charge in [0.25, 0.3) is 0 Å². The highest BCUT2D eigenvalue weighted by Gasteiger charge is 2.05. The molecule has 4 heteroatoms. The van der Waals surface area contributed by atoms with Gasteiger partial charge in [0.05, 0.1) is 11.7 Å². The van der Waals surface area contributed by atoms with Crippen LogP contribution >= 0.6 is 11.3 Å². The van der Waals surface area contributed by atoms with Crippen molar-refractivity contribution in [3.63, 3.8) is 0 Å². The van der Waals surface area contributed by atoms with Crippen molar-refractivity contribution in [3.8, 4) is 5.75 Å². The molecule has 80 valence electrons. The van der Waals surface area contributed by atoms with Gasteiger partial charge in [-0.3, -0.25) is 0 Å². The van der Waals surface area contributed by atoms with Gasteiger partial charge in [-0.15, -0.1) is 11.3 Å². The molecule has 0 unspecified atom stereocenters. The quantitative estimate of drug-likeness (QED) is 0.735. The van der Waals surface area contributed by atoms with E-state index in [1.54, 1.807) is 29.7 Å². The molecule has 0 aromatic carbocycles. The van der Waals surface area contributed by atoms with E-state index in [0.717, 1.165) is 17.8 Å². The molecule has 0 saturated heterocycles. The molecule has 0 spiro atoms. The van der Waals surface area contributed by atoms with Gasteiger partial charge in [0, 0.05) is 23.6 Å². The van der Waals surface area contributed by atoms with E-state index in [-0.39, 0.29) is 5.75 Å². The van der Waals surface area contributed by atoms with Gasteiger partial charge in [-0.05, 0) is 17.5 Å². The van der Waals surface area contributed by atoms with Crippen LogP contribution in [0.5, 0.6) is 5.75 Å². The number of rotatable bonds is 2. The van der Waals surface area contributed by atoms with Gasteiger partial charge in [-0.1, -0.05) is 6.07 Å². The first-order valence-electron chi connectivity index (χ1n) is 5.00. The second-order valence-electron chi connectivity index (χ2n) is 3.61. The van der Waals surface area contributed by atoms with E-state index in [9.17, 15) is 5.11 Å². The third-order valence-corrected chi connectivity index (χ3v) is 3.38. The molecule has 3 aromatic rings. The smallest absolute Gasteiger partial charge is 0.119 e. The minimum absolute atomic E-state index is 0.273. The minimum atomic E-state index is 0.273. The van der Waals surface area contributed by atoms with Crippen LogP contribution in [0.1, 0.15) is 10.7 Å². The summed E-state index contributed by atoms with van der Waals surface area (Å²) >= 11 is 1.73. The number of nitrogens with zero attached hydrogens (tertiary/aromatic N) is 2. The van der Waals surface area contributed by atoms with Crippen molar-refractivity contribution in [3.05, 3.63) is 52.7 Å². The standard InChI is InChI=1S/C12H10N2OS/c15-10-3-4-14-9(6-10)8-13-12(14)7-11-2-1-5-16-11/h1-6,8,15H,7H2. The van der Waals surface area contributed by atoms with Gasteiger partial charge in [-0.2, -0.15) is 0 Å². The number of aromatic hydroxyl groups is 1. The molecule has 0 bridgehead atoms. The average molecular weight is 230 g/mol. The Bertz CT molecular complexity index is 613. The molecule has 0 radical (unpaired) electrons. The summed E-state index contributed by atoms with van der Waals surface area (Å²) < 4.78 is 2.00. The summed E-state index contributed by atoms with van der Waals surface area (Å²) in [4.78, 5) is 5.66. The Balaban J connectivity index is 2.04. The fraction of sp³-hybridized carbons (Fsp3) is 0.0833. The van der Waals surface area contributed by atoms with Crippen molar-refractivity contribution >= 4 is 16.9 Å². The summed E-state index contributed by atoms with van der Waals surface area (Å²) in [7, 11) is 0. The molecule has 16 heavy (non-hydrogen) atoms. The van der Waals surface area contributed by atoms with E-state index in [1.807, 2.05) is 16.7 Å². The van der Waals surface area contributed by atoms with Crippen molar-refractivity contribution in [2.75, 3.05) is 0 Å². The molecule has 3 heterocycles. The van der Waals surface area contributed by atoms with E-state index in [2.05, 4.69) is 16.4 Å². The number of hydrogen-bond donors (Lipinski definition) is 1. The summed E-state index contributed by atoms with van der Waals surface area (Å²) in [5.41, 5.74) is 0.923. The number of hydrogen-bond acceptors (Lipinski definition) is 3. The number of thiophene rings is 1. The molecule has 0 atom stereocenters. The number of imidazole rings is 1. The third-order valence-electron chi connectivity index (χ3n) is 2.50. The van der Waals surface area contributed by atoms with Crippen molar-refractivity contribution in [2.45, 2.75) is 6.42 Å². The summed E-state index contributed by atoms with van der Waals surface area (Å²) in [5.74, 6) is 1.27. The van der Waals surface area contributed by atoms with Crippen LogP contribution in [0, 0.1) is 0 Å². The molecule has 0 aliphatic rings. The Hall–Kier alpha value is -1.81. The summed E-state index contributed by atoms with van der Waals surface area (Å²) in [5, 5.41) is 11.4. The summed E-state index contributed by atoms with van der Waals surface area (Å²) in [6, 6.07) is 7.53. The molecule has 1 N–H and O–H groups in total. The zero-order chi connectivity index (χ0) is 11.0. The van der Waals surface area contributed by atoms with Crippen LogP contribution in [-0.2, 0) is 6.42 Å². The topological polar surface area (TPSA) is 37.5 Å². The molecule has 3 aromatic heterocycles. The second-order valence-corrected chi connectivity index (χ2v) is 4.64. The molecule has 3 nitrogen and oxygen atoms in total. The number of pyridine rings is 1. The van der Waals surface area contributed by atoms with Gasteiger partial charge in [-0.25, -0.2) is 4.98 Å². The van der Waals surface area contributed by atoms with Gasteiger partial charge < -0.3 is 9.51 Å². The molecular weight excluding hydrogens is 220 g/mol. The molecule has 0 fully saturated rings. The van der Waals surface area contributed by atoms with Gasteiger partial charge in [0.15, 0.2) is 0 Å². The fourth-order valence-electron chi connectivity index (χ4n) is 1.74. The third kappa shape index (κ3) is 1.57. The molecular formula is C12H10N2OS. The monoisotopic (exact) mass is 230 g/mol. The zero-order valence-corrected chi connectivity index (χ0v) is 9.31. The summed E-state index contributed by atoms with van der Waals surface area (Å²) in [6.07, 6.45) is 4.46. The lowest BCUT2D eigenvalue weighted by atomic mass is 10.3. The lowest BCUT2D eigenvalue weighted by Gasteiger charge is -1.99. The van der Waals surface area contributed by atoms with Crippen LogP contribution in [0.3, 0.4) is 0 Å². The number of aromatic nitrogens is 2. The predicted molar refractivity (Wildman–Crippen MR) is 64.0 cm³/mol. The van der Waals surface area contributed by atoms with Gasteiger partial charge in [0.2, 0.25) is 0 Å². The van der Waals surface area contributed by atoms with Crippen LogP contribution in [0.25, 0.3) is 5.52 Å². The normalized spacial score (nSPS) is 11.0. The van der Waals surface area contributed by atoms with Crippen LogP contribution in [-0.4, -0.2) is 14.5 Å². The Morgan fingerprint density at radius 2 is 2.31 bits per heavy atom. The second kappa shape index (κ2) is 3.64. The van der Waals surface area contributed by atoms with Crippen molar-refractivity contribution < 1.29 is 5.11 Å². The first-order chi connectivity index (χ1) is 7.83. The Morgan fingerprint density at radius 3 is 3.12 bits per heavy atom. The lowest BCUT2D eigenvalue weighted by Crippen LogP contribution is -1.94. The zero-order valence-electron chi connectivity index (χ0n) is 8.50. The van der Waals surface area contributed by atoms with Crippen LogP contribution in [0.4, 0.5) is 0 Å². The summed E-state index contributed by atoms with van der Waals surface area (Å²) in [6.45, 7) is 0. The average Bonchev–Trinajstić information content (AvgIpc) is 2.89.